The monoisotopic (exact) mass is 413 g/mol. The van der Waals surface area contributed by atoms with Crippen LogP contribution in [0.4, 0.5) is 19.0 Å². The Hall–Kier alpha value is -3.09. The lowest BCUT2D eigenvalue weighted by atomic mass is 10.1. The van der Waals surface area contributed by atoms with Gasteiger partial charge in [-0.1, -0.05) is 30.3 Å². The zero-order chi connectivity index (χ0) is 21.5. The second-order valence-electron chi connectivity index (χ2n) is 7.59. The van der Waals surface area contributed by atoms with Gasteiger partial charge in [0.25, 0.3) is 5.91 Å². The van der Waals surface area contributed by atoms with E-state index in [-0.39, 0.29) is 5.56 Å². The number of fused-ring (bicyclic) bond motifs is 1. The quantitative estimate of drug-likeness (QED) is 0.604. The second-order valence-corrected chi connectivity index (χ2v) is 7.59. The molecule has 4 rings (SSSR count). The van der Waals surface area contributed by atoms with Crippen molar-refractivity contribution in [2.24, 2.45) is 0 Å². The molecule has 1 aromatic heterocycles. The van der Waals surface area contributed by atoms with Crippen molar-refractivity contribution in [3.05, 3.63) is 70.8 Å². The van der Waals surface area contributed by atoms with Gasteiger partial charge in [0.15, 0.2) is 0 Å². The van der Waals surface area contributed by atoms with Crippen molar-refractivity contribution in [2.45, 2.75) is 20.0 Å². The summed E-state index contributed by atoms with van der Waals surface area (Å²) in [5.74, 6) is 0.248. The standard InChI is InChI=1S/C23H22F3N3O/c1-15-6-5-8-17-16(2)14-20(27-21(15)17)28-10-12-29(13-11-28)22(30)18-7-3-4-9-19(18)23(24,25)26/h3-9,14H,10-13H2,1-2H3. The summed E-state index contributed by atoms with van der Waals surface area (Å²) < 4.78 is 39.8. The fourth-order valence-electron chi connectivity index (χ4n) is 3.93. The van der Waals surface area contributed by atoms with E-state index < -0.39 is 17.6 Å². The van der Waals surface area contributed by atoms with Crippen molar-refractivity contribution in [3.63, 3.8) is 0 Å². The minimum atomic E-state index is -4.56. The molecule has 0 radical (unpaired) electrons. The van der Waals surface area contributed by atoms with Crippen LogP contribution in [0.15, 0.2) is 48.5 Å². The first kappa shape index (κ1) is 20.2. The lowest BCUT2D eigenvalue weighted by molar-refractivity contribution is -0.138. The average Bonchev–Trinajstić information content (AvgIpc) is 2.73. The Labute approximate surface area is 172 Å². The van der Waals surface area contributed by atoms with Crippen LogP contribution in [0.25, 0.3) is 10.9 Å². The lowest BCUT2D eigenvalue weighted by Crippen LogP contribution is -2.49. The highest BCUT2D eigenvalue weighted by Crippen LogP contribution is 2.32. The van der Waals surface area contributed by atoms with Gasteiger partial charge in [-0.25, -0.2) is 4.98 Å². The number of aromatic nitrogens is 1. The number of anilines is 1. The smallest absolute Gasteiger partial charge is 0.353 e. The van der Waals surface area contributed by atoms with E-state index in [1.807, 2.05) is 38.1 Å². The Kier molecular flexibility index (Phi) is 5.13. The van der Waals surface area contributed by atoms with Crippen molar-refractivity contribution in [3.8, 4) is 0 Å². The second kappa shape index (κ2) is 7.63. The first-order valence-corrected chi connectivity index (χ1v) is 9.83. The van der Waals surface area contributed by atoms with Crippen molar-refractivity contribution in [1.82, 2.24) is 9.88 Å². The van der Waals surface area contributed by atoms with Crippen LogP contribution in [0.2, 0.25) is 0 Å². The molecular formula is C23H22F3N3O. The third-order valence-electron chi connectivity index (χ3n) is 5.59. The molecule has 0 N–H and O–H groups in total. The van der Waals surface area contributed by atoms with Crippen molar-refractivity contribution in [1.29, 1.82) is 0 Å². The van der Waals surface area contributed by atoms with Gasteiger partial charge < -0.3 is 9.80 Å². The molecule has 7 heteroatoms. The van der Waals surface area contributed by atoms with Gasteiger partial charge in [0.2, 0.25) is 0 Å². The average molecular weight is 413 g/mol. The normalized spacial score (nSPS) is 15.0. The fourth-order valence-corrected chi connectivity index (χ4v) is 3.93. The predicted octanol–water partition coefficient (Wildman–Crippen LogP) is 4.83. The Bertz CT molecular complexity index is 1100. The molecule has 156 valence electrons. The van der Waals surface area contributed by atoms with Crippen LogP contribution in [0.1, 0.15) is 27.0 Å². The number of pyridine rings is 1. The highest BCUT2D eigenvalue weighted by Gasteiger charge is 2.36. The molecule has 2 heterocycles. The Morgan fingerprint density at radius 3 is 2.33 bits per heavy atom. The number of piperazine rings is 1. The zero-order valence-corrected chi connectivity index (χ0v) is 16.8. The molecule has 0 bridgehead atoms. The SMILES string of the molecule is Cc1cc(N2CCN(C(=O)c3ccccc3C(F)(F)F)CC2)nc2c(C)cccc12. The van der Waals surface area contributed by atoms with Crippen LogP contribution in [0.3, 0.4) is 0 Å². The largest absolute Gasteiger partial charge is 0.417 e. The van der Waals surface area contributed by atoms with Gasteiger partial charge in [0, 0.05) is 31.6 Å². The van der Waals surface area contributed by atoms with Crippen LogP contribution < -0.4 is 4.90 Å². The highest BCUT2D eigenvalue weighted by molar-refractivity contribution is 5.96. The van der Waals surface area contributed by atoms with Crippen molar-refractivity contribution >= 4 is 22.6 Å². The molecule has 0 atom stereocenters. The number of rotatable bonds is 2. The lowest BCUT2D eigenvalue weighted by Gasteiger charge is -2.36. The van der Waals surface area contributed by atoms with E-state index >= 15 is 0 Å². The summed E-state index contributed by atoms with van der Waals surface area (Å²) in [4.78, 5) is 21.2. The molecule has 1 aliphatic rings. The van der Waals surface area contributed by atoms with Gasteiger partial charge >= 0.3 is 6.18 Å². The van der Waals surface area contributed by atoms with Gasteiger partial charge in [0.05, 0.1) is 16.6 Å². The molecule has 2 aromatic carbocycles. The molecule has 0 saturated carbocycles. The van der Waals surface area contributed by atoms with Gasteiger partial charge in [-0.05, 0) is 43.2 Å². The summed E-state index contributed by atoms with van der Waals surface area (Å²) in [6.45, 7) is 5.79. The van der Waals surface area contributed by atoms with Gasteiger partial charge in [-0.2, -0.15) is 13.2 Å². The van der Waals surface area contributed by atoms with Gasteiger partial charge in [0.1, 0.15) is 5.82 Å². The number of benzene rings is 2. The maximum atomic E-state index is 13.3. The van der Waals surface area contributed by atoms with E-state index in [0.717, 1.165) is 33.9 Å². The van der Waals surface area contributed by atoms with E-state index in [1.165, 1.54) is 23.1 Å². The molecule has 1 amide bonds. The summed E-state index contributed by atoms with van der Waals surface area (Å²) in [5.41, 5.74) is 1.98. The molecule has 0 aliphatic carbocycles. The third-order valence-corrected chi connectivity index (χ3v) is 5.59. The summed E-state index contributed by atoms with van der Waals surface area (Å²) in [6, 6.07) is 13.1. The van der Waals surface area contributed by atoms with Crippen LogP contribution >= 0.6 is 0 Å². The molecule has 3 aromatic rings. The molecule has 1 saturated heterocycles. The summed E-state index contributed by atoms with van der Waals surface area (Å²) >= 11 is 0. The van der Waals surface area contributed by atoms with E-state index in [4.69, 9.17) is 4.98 Å². The number of para-hydroxylation sites is 1. The number of amides is 1. The first-order valence-electron chi connectivity index (χ1n) is 9.83. The van der Waals surface area contributed by atoms with Crippen LogP contribution in [-0.2, 0) is 6.18 Å². The first-order chi connectivity index (χ1) is 14.3. The molecule has 0 spiro atoms. The molecular weight excluding hydrogens is 391 g/mol. The van der Waals surface area contributed by atoms with Gasteiger partial charge in [-0.3, -0.25) is 4.79 Å². The number of hydrogen-bond acceptors (Lipinski definition) is 3. The molecule has 30 heavy (non-hydrogen) atoms. The Balaban J connectivity index is 1.53. The number of nitrogens with zero attached hydrogens (tertiary/aromatic N) is 3. The van der Waals surface area contributed by atoms with E-state index in [0.29, 0.717) is 26.2 Å². The molecule has 1 fully saturated rings. The maximum Gasteiger partial charge on any atom is 0.417 e. The predicted molar refractivity (Wildman–Crippen MR) is 111 cm³/mol. The summed E-state index contributed by atoms with van der Waals surface area (Å²) in [6.07, 6.45) is -4.56. The number of carbonyl (C=O) groups is 1. The minimum Gasteiger partial charge on any atom is -0.353 e. The summed E-state index contributed by atoms with van der Waals surface area (Å²) in [7, 11) is 0. The third kappa shape index (κ3) is 3.72. The van der Waals surface area contributed by atoms with Crippen LogP contribution in [0.5, 0.6) is 0 Å². The van der Waals surface area contributed by atoms with Crippen molar-refractivity contribution in [2.75, 3.05) is 31.1 Å². The highest BCUT2D eigenvalue weighted by atomic mass is 19.4. The topological polar surface area (TPSA) is 36.4 Å². The number of aryl methyl sites for hydroxylation is 2. The fraction of sp³-hybridized carbons (Fsp3) is 0.304. The number of carbonyl (C=O) groups excluding carboxylic acids is 1. The van der Waals surface area contributed by atoms with Crippen molar-refractivity contribution < 1.29 is 18.0 Å². The van der Waals surface area contributed by atoms with E-state index in [1.54, 1.807) is 0 Å². The Morgan fingerprint density at radius 1 is 0.933 bits per heavy atom. The molecule has 4 nitrogen and oxygen atoms in total. The van der Waals surface area contributed by atoms with Crippen LogP contribution in [-0.4, -0.2) is 42.0 Å². The maximum absolute atomic E-state index is 13.3. The summed E-state index contributed by atoms with van der Waals surface area (Å²) in [5, 5.41) is 1.11. The molecule has 0 unspecified atom stereocenters. The Morgan fingerprint density at radius 2 is 1.63 bits per heavy atom. The number of alkyl halides is 3. The van der Waals surface area contributed by atoms with Gasteiger partial charge in [-0.15, -0.1) is 0 Å². The van der Waals surface area contributed by atoms with E-state index in [9.17, 15) is 18.0 Å². The zero-order valence-electron chi connectivity index (χ0n) is 16.8. The molecule has 1 aliphatic heterocycles. The minimum absolute atomic E-state index is 0.297. The van der Waals surface area contributed by atoms with Crippen LogP contribution in [0, 0.1) is 13.8 Å². The van der Waals surface area contributed by atoms with E-state index in [2.05, 4.69) is 4.90 Å². The number of halogens is 3. The number of hydrogen-bond donors (Lipinski definition) is 0.